The van der Waals surface area contributed by atoms with E-state index in [1.807, 2.05) is 0 Å². The van der Waals surface area contributed by atoms with E-state index in [2.05, 4.69) is 0 Å². The van der Waals surface area contributed by atoms with Gasteiger partial charge in [0.05, 0.1) is 12.2 Å². The Morgan fingerprint density at radius 2 is 1.50 bits per heavy atom. The number of aliphatic hydroxyl groups excluding tert-OH is 5. The lowest BCUT2D eigenvalue weighted by atomic mass is 9.81. The van der Waals surface area contributed by atoms with E-state index in [0.717, 1.165) is 0 Å². The summed E-state index contributed by atoms with van der Waals surface area (Å²) in [5, 5.41) is 45.3. The molecule has 1 saturated carbocycles. The molecule has 0 unspecified atom stereocenters. The molecule has 0 bridgehead atoms. The molecule has 0 radical (unpaired) electrons. The standard InChI is InChI=1S/C7H14O5/c8-2-3-1-4(9)6(11)7(12)5(3)10/h3-12H,1-2H2/t3-,4+,5-,6+,7+/m1/s1. The van der Waals surface area contributed by atoms with Crippen LogP contribution in [0, 0.1) is 5.92 Å². The molecule has 1 aliphatic rings. The average molecular weight is 178 g/mol. The molecule has 5 heteroatoms. The van der Waals surface area contributed by atoms with Crippen molar-refractivity contribution in [2.75, 3.05) is 6.61 Å². The van der Waals surface area contributed by atoms with Crippen LogP contribution in [0.1, 0.15) is 6.42 Å². The van der Waals surface area contributed by atoms with Crippen LogP contribution < -0.4 is 0 Å². The van der Waals surface area contributed by atoms with Gasteiger partial charge in [0.25, 0.3) is 0 Å². The minimum absolute atomic E-state index is 0.107. The van der Waals surface area contributed by atoms with Crippen LogP contribution in [-0.4, -0.2) is 56.6 Å². The fraction of sp³-hybridized carbons (Fsp3) is 1.00. The van der Waals surface area contributed by atoms with E-state index in [1.54, 1.807) is 0 Å². The van der Waals surface area contributed by atoms with Gasteiger partial charge < -0.3 is 25.5 Å². The maximum atomic E-state index is 9.24. The number of hydrogen-bond donors (Lipinski definition) is 5. The molecule has 0 aliphatic heterocycles. The van der Waals surface area contributed by atoms with Crippen molar-refractivity contribution >= 4 is 0 Å². The van der Waals surface area contributed by atoms with Gasteiger partial charge in [0.1, 0.15) is 12.2 Å². The van der Waals surface area contributed by atoms with Crippen LogP contribution in [0.25, 0.3) is 0 Å². The molecule has 1 rings (SSSR count). The monoisotopic (exact) mass is 178 g/mol. The molecular formula is C7H14O5. The molecule has 72 valence electrons. The zero-order valence-electron chi connectivity index (χ0n) is 6.54. The summed E-state index contributed by atoms with van der Waals surface area (Å²) in [4.78, 5) is 0. The fourth-order valence-corrected chi connectivity index (χ4v) is 1.48. The highest BCUT2D eigenvalue weighted by Gasteiger charge is 2.41. The third-order valence-corrected chi connectivity index (χ3v) is 2.36. The van der Waals surface area contributed by atoms with Crippen LogP contribution in [0.15, 0.2) is 0 Å². The van der Waals surface area contributed by atoms with Gasteiger partial charge in [-0.25, -0.2) is 0 Å². The minimum Gasteiger partial charge on any atom is -0.396 e. The summed E-state index contributed by atoms with van der Waals surface area (Å²) in [6.45, 7) is -0.304. The third-order valence-electron chi connectivity index (χ3n) is 2.36. The predicted octanol–water partition coefficient (Wildman–Crippen LogP) is -2.56. The van der Waals surface area contributed by atoms with Crippen molar-refractivity contribution < 1.29 is 25.5 Å². The first-order valence-corrected chi connectivity index (χ1v) is 3.91. The number of hydrogen-bond acceptors (Lipinski definition) is 5. The van der Waals surface area contributed by atoms with Gasteiger partial charge in [0.2, 0.25) is 0 Å². The van der Waals surface area contributed by atoms with Crippen molar-refractivity contribution in [3.8, 4) is 0 Å². The average Bonchev–Trinajstić information content (AvgIpc) is 2.08. The van der Waals surface area contributed by atoms with Gasteiger partial charge in [0, 0.05) is 12.5 Å². The molecule has 0 aromatic rings. The molecule has 5 nitrogen and oxygen atoms in total. The molecule has 0 saturated heterocycles. The van der Waals surface area contributed by atoms with E-state index < -0.39 is 30.3 Å². The Kier molecular flexibility index (Phi) is 3.03. The number of rotatable bonds is 1. The quantitative estimate of drug-likeness (QED) is 0.304. The van der Waals surface area contributed by atoms with Gasteiger partial charge in [0.15, 0.2) is 0 Å². The largest absolute Gasteiger partial charge is 0.396 e. The van der Waals surface area contributed by atoms with Gasteiger partial charge in [-0.1, -0.05) is 0 Å². The second kappa shape index (κ2) is 3.68. The Morgan fingerprint density at radius 1 is 0.917 bits per heavy atom. The van der Waals surface area contributed by atoms with Gasteiger partial charge in [-0.2, -0.15) is 0 Å². The lowest BCUT2D eigenvalue weighted by Gasteiger charge is -2.37. The summed E-state index contributed by atoms with van der Waals surface area (Å²) in [6.07, 6.45) is -4.81. The summed E-state index contributed by atoms with van der Waals surface area (Å²) in [7, 11) is 0. The topological polar surface area (TPSA) is 101 Å². The molecule has 5 atom stereocenters. The predicted molar refractivity (Wildman–Crippen MR) is 39.2 cm³/mol. The zero-order chi connectivity index (χ0) is 9.30. The highest BCUT2D eigenvalue weighted by molar-refractivity contribution is 4.91. The Morgan fingerprint density at radius 3 is 2.00 bits per heavy atom. The Hall–Kier alpha value is -0.200. The molecular weight excluding hydrogens is 164 g/mol. The van der Waals surface area contributed by atoms with E-state index in [0.29, 0.717) is 0 Å². The maximum Gasteiger partial charge on any atom is 0.109 e. The maximum absolute atomic E-state index is 9.24. The van der Waals surface area contributed by atoms with Gasteiger partial charge in [-0.15, -0.1) is 0 Å². The molecule has 1 fully saturated rings. The SMILES string of the molecule is OC[C@H]1C[C@H](O)[C@H](O)[C@@H](O)[C@@H]1O. The van der Waals surface area contributed by atoms with E-state index >= 15 is 0 Å². The molecule has 0 aromatic heterocycles. The zero-order valence-corrected chi connectivity index (χ0v) is 6.54. The summed E-state index contributed by atoms with van der Waals surface area (Å²) in [5.41, 5.74) is 0. The van der Waals surface area contributed by atoms with Gasteiger partial charge in [-0.3, -0.25) is 0 Å². The van der Waals surface area contributed by atoms with Crippen LogP contribution in [0.2, 0.25) is 0 Å². The third kappa shape index (κ3) is 1.60. The van der Waals surface area contributed by atoms with Crippen molar-refractivity contribution in [1.82, 2.24) is 0 Å². The lowest BCUT2D eigenvalue weighted by molar-refractivity contribution is -0.163. The van der Waals surface area contributed by atoms with Crippen LogP contribution in [0.4, 0.5) is 0 Å². The minimum atomic E-state index is -1.37. The summed E-state index contributed by atoms with van der Waals surface area (Å²) >= 11 is 0. The second-order valence-electron chi connectivity index (χ2n) is 3.22. The van der Waals surface area contributed by atoms with Crippen molar-refractivity contribution in [1.29, 1.82) is 0 Å². The first kappa shape index (κ1) is 9.88. The van der Waals surface area contributed by atoms with E-state index in [4.69, 9.17) is 20.4 Å². The summed E-state index contributed by atoms with van der Waals surface area (Å²) in [5.74, 6) is -0.557. The summed E-state index contributed by atoms with van der Waals surface area (Å²) < 4.78 is 0. The molecule has 0 spiro atoms. The van der Waals surface area contributed by atoms with Crippen LogP contribution in [-0.2, 0) is 0 Å². The van der Waals surface area contributed by atoms with E-state index in [-0.39, 0.29) is 13.0 Å². The normalized spacial score (nSPS) is 49.2. The van der Waals surface area contributed by atoms with Crippen LogP contribution in [0.5, 0.6) is 0 Å². The first-order chi connectivity index (χ1) is 5.57. The van der Waals surface area contributed by atoms with Gasteiger partial charge in [-0.05, 0) is 6.42 Å². The smallest absolute Gasteiger partial charge is 0.109 e. The van der Waals surface area contributed by atoms with Gasteiger partial charge >= 0.3 is 0 Å². The molecule has 12 heavy (non-hydrogen) atoms. The highest BCUT2D eigenvalue weighted by atomic mass is 16.4. The Labute approximate surface area is 69.9 Å². The highest BCUT2D eigenvalue weighted by Crippen LogP contribution is 2.25. The molecule has 0 heterocycles. The van der Waals surface area contributed by atoms with E-state index in [9.17, 15) is 5.11 Å². The van der Waals surface area contributed by atoms with Crippen molar-refractivity contribution in [3.05, 3.63) is 0 Å². The van der Waals surface area contributed by atoms with Crippen LogP contribution >= 0.6 is 0 Å². The van der Waals surface area contributed by atoms with Crippen molar-refractivity contribution in [3.63, 3.8) is 0 Å². The fourth-order valence-electron chi connectivity index (χ4n) is 1.48. The second-order valence-corrected chi connectivity index (χ2v) is 3.22. The van der Waals surface area contributed by atoms with Crippen molar-refractivity contribution in [2.45, 2.75) is 30.8 Å². The van der Waals surface area contributed by atoms with Crippen LogP contribution in [0.3, 0.4) is 0 Å². The van der Waals surface area contributed by atoms with E-state index in [1.165, 1.54) is 0 Å². The lowest BCUT2D eigenvalue weighted by Crippen LogP contribution is -2.54. The Bertz CT molecular complexity index is 146. The van der Waals surface area contributed by atoms with Crippen molar-refractivity contribution in [2.24, 2.45) is 5.92 Å². The molecule has 0 amide bonds. The Balaban J connectivity index is 2.63. The molecule has 1 aliphatic carbocycles. The molecule has 5 N–H and O–H groups in total. The first-order valence-electron chi connectivity index (χ1n) is 3.91. The molecule has 0 aromatic carbocycles. The number of aliphatic hydroxyl groups is 5. The summed E-state index contributed by atoms with van der Waals surface area (Å²) in [6, 6.07) is 0.